The number of amides is 1. The molecule has 0 aliphatic carbocycles. The lowest BCUT2D eigenvalue weighted by Crippen LogP contribution is -2.23. The van der Waals surface area contributed by atoms with E-state index in [1.54, 1.807) is 48.1 Å². The third-order valence-corrected chi connectivity index (χ3v) is 6.00. The molecule has 5 nitrogen and oxygen atoms in total. The van der Waals surface area contributed by atoms with Crippen LogP contribution in [0, 0.1) is 18.6 Å². The fraction of sp³-hybridized carbons (Fsp3) is 0.182. The second kappa shape index (κ2) is 8.33. The average Bonchev–Trinajstić information content (AvgIpc) is 3.31. The van der Waals surface area contributed by atoms with Gasteiger partial charge in [-0.25, -0.2) is 13.8 Å². The van der Waals surface area contributed by atoms with E-state index in [0.717, 1.165) is 0 Å². The Bertz CT molecular complexity index is 1230. The van der Waals surface area contributed by atoms with Crippen molar-refractivity contribution in [3.05, 3.63) is 82.3 Å². The Morgan fingerprint density at radius 2 is 2.07 bits per heavy atom. The molecule has 0 saturated carbocycles. The summed E-state index contributed by atoms with van der Waals surface area (Å²) in [4.78, 5) is 17.3. The van der Waals surface area contributed by atoms with Crippen molar-refractivity contribution in [3.8, 4) is 5.69 Å². The summed E-state index contributed by atoms with van der Waals surface area (Å²) in [6.45, 7) is 2.05. The van der Waals surface area contributed by atoms with Crippen molar-refractivity contribution < 1.29 is 18.3 Å². The normalized spacial score (nSPS) is 11.2. The highest BCUT2D eigenvalue weighted by Crippen LogP contribution is 2.33. The molecule has 4 rings (SSSR count). The molecule has 2 aromatic carbocycles. The number of fused-ring (bicyclic) bond motifs is 1. The van der Waals surface area contributed by atoms with Gasteiger partial charge in [0.2, 0.25) is 0 Å². The SMILES string of the molecule is COCc1c(C(=O)NCc2ccc(-n3ccnc3C)c(F)c2)sc2cccc(F)c12. The fourth-order valence-electron chi connectivity index (χ4n) is 3.38. The minimum absolute atomic E-state index is 0.122. The van der Waals surface area contributed by atoms with Gasteiger partial charge in [0, 0.05) is 41.7 Å². The number of nitrogens with one attached hydrogen (secondary N) is 1. The van der Waals surface area contributed by atoms with Gasteiger partial charge in [-0.2, -0.15) is 0 Å². The molecule has 0 aliphatic rings. The zero-order valence-electron chi connectivity index (χ0n) is 16.4. The minimum atomic E-state index is -0.410. The first kappa shape index (κ1) is 20.2. The van der Waals surface area contributed by atoms with E-state index in [4.69, 9.17) is 4.74 Å². The Morgan fingerprint density at radius 3 is 2.77 bits per heavy atom. The van der Waals surface area contributed by atoms with E-state index >= 15 is 0 Å². The monoisotopic (exact) mass is 427 g/mol. The summed E-state index contributed by atoms with van der Waals surface area (Å²) in [5.41, 5.74) is 1.52. The topological polar surface area (TPSA) is 56.1 Å². The number of ether oxygens (including phenoxy) is 1. The molecule has 2 aromatic heterocycles. The van der Waals surface area contributed by atoms with Crippen molar-refractivity contribution in [2.45, 2.75) is 20.1 Å². The number of aryl methyl sites for hydroxylation is 1. The molecule has 1 N–H and O–H groups in total. The van der Waals surface area contributed by atoms with Crippen LogP contribution in [-0.4, -0.2) is 22.6 Å². The van der Waals surface area contributed by atoms with Gasteiger partial charge in [-0.3, -0.25) is 4.79 Å². The zero-order chi connectivity index (χ0) is 21.3. The summed E-state index contributed by atoms with van der Waals surface area (Å²) in [5.74, 6) is -0.468. The van der Waals surface area contributed by atoms with Crippen molar-refractivity contribution in [2.75, 3.05) is 7.11 Å². The summed E-state index contributed by atoms with van der Waals surface area (Å²) in [5, 5.41) is 3.20. The highest BCUT2D eigenvalue weighted by Gasteiger charge is 2.20. The number of benzene rings is 2. The molecule has 0 saturated heterocycles. The molecule has 30 heavy (non-hydrogen) atoms. The zero-order valence-corrected chi connectivity index (χ0v) is 17.2. The van der Waals surface area contributed by atoms with Gasteiger partial charge in [0.15, 0.2) is 0 Å². The van der Waals surface area contributed by atoms with Gasteiger partial charge in [-0.15, -0.1) is 11.3 Å². The van der Waals surface area contributed by atoms with Crippen molar-refractivity contribution in [1.29, 1.82) is 0 Å². The van der Waals surface area contributed by atoms with E-state index in [-0.39, 0.29) is 24.9 Å². The van der Waals surface area contributed by atoms with Crippen LogP contribution in [0.4, 0.5) is 8.78 Å². The second-order valence-corrected chi connectivity index (χ2v) is 7.82. The number of hydrogen-bond acceptors (Lipinski definition) is 4. The lowest BCUT2D eigenvalue weighted by molar-refractivity contribution is 0.0950. The standard InChI is InChI=1S/C22H19F2N3O2S/c1-13-25-8-9-27(13)18-7-6-14(10-17(18)24)11-26-22(28)21-15(12-29-2)20-16(23)4-3-5-19(20)30-21/h3-10H,11-12H2,1-2H3,(H,26,28). The maximum Gasteiger partial charge on any atom is 0.262 e. The number of hydrogen-bond donors (Lipinski definition) is 1. The molecule has 0 fully saturated rings. The highest BCUT2D eigenvalue weighted by atomic mass is 32.1. The third-order valence-electron chi connectivity index (χ3n) is 4.81. The average molecular weight is 427 g/mol. The van der Waals surface area contributed by atoms with Gasteiger partial charge in [-0.1, -0.05) is 12.1 Å². The Kier molecular flexibility index (Phi) is 5.61. The third kappa shape index (κ3) is 3.71. The summed E-state index contributed by atoms with van der Waals surface area (Å²) >= 11 is 1.21. The van der Waals surface area contributed by atoms with Crippen LogP contribution in [0.2, 0.25) is 0 Å². The largest absolute Gasteiger partial charge is 0.380 e. The summed E-state index contributed by atoms with van der Waals surface area (Å²) in [6.07, 6.45) is 3.29. The number of aromatic nitrogens is 2. The van der Waals surface area contributed by atoms with E-state index in [9.17, 15) is 13.6 Å². The van der Waals surface area contributed by atoms with Gasteiger partial charge in [0.1, 0.15) is 17.5 Å². The molecule has 0 radical (unpaired) electrons. The second-order valence-electron chi connectivity index (χ2n) is 6.77. The van der Waals surface area contributed by atoms with E-state index in [2.05, 4.69) is 10.3 Å². The van der Waals surface area contributed by atoms with Gasteiger partial charge in [-0.05, 0) is 36.8 Å². The van der Waals surface area contributed by atoms with E-state index in [0.29, 0.717) is 37.6 Å². The number of rotatable bonds is 6. The van der Waals surface area contributed by atoms with Crippen LogP contribution in [0.5, 0.6) is 0 Å². The molecule has 4 aromatic rings. The van der Waals surface area contributed by atoms with Gasteiger partial charge >= 0.3 is 0 Å². The van der Waals surface area contributed by atoms with Crippen LogP contribution < -0.4 is 5.32 Å². The van der Waals surface area contributed by atoms with Crippen molar-refractivity contribution >= 4 is 27.3 Å². The summed E-state index contributed by atoms with van der Waals surface area (Å²) in [6, 6.07) is 9.53. The van der Waals surface area contributed by atoms with Crippen molar-refractivity contribution in [2.24, 2.45) is 0 Å². The van der Waals surface area contributed by atoms with E-state index in [1.807, 2.05) is 0 Å². The van der Waals surface area contributed by atoms with Crippen LogP contribution in [0.1, 0.15) is 26.6 Å². The molecule has 0 bridgehead atoms. The molecular weight excluding hydrogens is 408 g/mol. The van der Waals surface area contributed by atoms with Crippen molar-refractivity contribution in [1.82, 2.24) is 14.9 Å². The number of halogens is 2. The molecule has 0 unspecified atom stereocenters. The number of carbonyl (C=O) groups is 1. The fourth-order valence-corrected chi connectivity index (χ4v) is 4.52. The Hall–Kier alpha value is -3.10. The predicted molar refractivity (Wildman–Crippen MR) is 112 cm³/mol. The maximum absolute atomic E-state index is 14.6. The van der Waals surface area contributed by atoms with Gasteiger partial charge < -0.3 is 14.6 Å². The van der Waals surface area contributed by atoms with Crippen LogP contribution in [0.3, 0.4) is 0 Å². The first-order valence-electron chi connectivity index (χ1n) is 9.25. The molecule has 154 valence electrons. The Balaban J connectivity index is 1.55. The molecule has 0 spiro atoms. The van der Waals surface area contributed by atoms with Crippen LogP contribution >= 0.6 is 11.3 Å². The summed E-state index contributed by atoms with van der Waals surface area (Å²) in [7, 11) is 1.50. The number of thiophene rings is 1. The lowest BCUT2D eigenvalue weighted by Gasteiger charge is -2.10. The number of carbonyl (C=O) groups excluding carboxylic acids is 1. The van der Waals surface area contributed by atoms with E-state index < -0.39 is 5.82 Å². The maximum atomic E-state index is 14.6. The number of imidazole rings is 1. The molecule has 2 heterocycles. The first-order chi connectivity index (χ1) is 14.5. The predicted octanol–water partition coefficient (Wildman–Crippen LogP) is 4.75. The van der Waals surface area contributed by atoms with E-state index in [1.165, 1.54) is 30.6 Å². The van der Waals surface area contributed by atoms with Crippen LogP contribution in [-0.2, 0) is 17.9 Å². The summed E-state index contributed by atoms with van der Waals surface area (Å²) < 4.78 is 36.4. The van der Waals surface area contributed by atoms with Gasteiger partial charge in [0.05, 0.1) is 17.2 Å². The quantitative estimate of drug-likeness (QED) is 0.483. The Morgan fingerprint density at radius 1 is 1.23 bits per heavy atom. The smallest absolute Gasteiger partial charge is 0.262 e. The van der Waals surface area contributed by atoms with Crippen molar-refractivity contribution in [3.63, 3.8) is 0 Å². The lowest BCUT2D eigenvalue weighted by atomic mass is 10.1. The van der Waals surface area contributed by atoms with Gasteiger partial charge in [0.25, 0.3) is 5.91 Å². The molecule has 0 aliphatic heterocycles. The molecule has 1 amide bonds. The van der Waals surface area contributed by atoms with Crippen LogP contribution in [0.15, 0.2) is 48.8 Å². The first-order valence-corrected chi connectivity index (χ1v) is 10.1. The minimum Gasteiger partial charge on any atom is -0.380 e. The highest BCUT2D eigenvalue weighted by molar-refractivity contribution is 7.21. The molecule has 8 heteroatoms. The van der Waals surface area contributed by atoms with Crippen LogP contribution in [0.25, 0.3) is 15.8 Å². The number of nitrogens with zero attached hydrogens (tertiary/aromatic N) is 2. The molecular formula is C22H19F2N3O2S. The Labute approximate surface area is 175 Å². The number of methoxy groups -OCH3 is 1. The molecule has 0 atom stereocenters.